The summed E-state index contributed by atoms with van der Waals surface area (Å²) in [5.74, 6) is 1.99. The van der Waals surface area contributed by atoms with Gasteiger partial charge in [0, 0.05) is 29.2 Å². The Hall–Kier alpha value is -3.46. The van der Waals surface area contributed by atoms with E-state index in [4.69, 9.17) is 14.2 Å². The van der Waals surface area contributed by atoms with Crippen LogP contribution in [0.5, 0.6) is 11.5 Å². The van der Waals surface area contributed by atoms with Crippen molar-refractivity contribution in [2.24, 2.45) is 0 Å². The SMILES string of the molecule is COc1cccc(OC)c1-n1c[n+]2c(n1)CO[C@@H]1Cc3ccc([N+](=O)[O-])cc3[C@@H]12. The first-order chi connectivity index (χ1) is 14.1. The molecule has 2 aliphatic rings. The van der Waals surface area contributed by atoms with Crippen LogP contribution in [0.25, 0.3) is 5.69 Å². The summed E-state index contributed by atoms with van der Waals surface area (Å²) in [6.45, 7) is 0.363. The number of hydrogen-bond acceptors (Lipinski definition) is 6. The molecule has 0 fully saturated rings. The molecule has 2 aromatic carbocycles. The molecule has 0 saturated heterocycles. The van der Waals surface area contributed by atoms with Gasteiger partial charge in [-0.15, -0.1) is 0 Å². The highest BCUT2D eigenvalue weighted by Crippen LogP contribution is 2.38. The molecule has 1 aliphatic heterocycles. The maximum Gasteiger partial charge on any atom is 0.304 e. The van der Waals surface area contributed by atoms with E-state index in [9.17, 15) is 10.1 Å². The number of methoxy groups -OCH3 is 2. The van der Waals surface area contributed by atoms with Gasteiger partial charge in [-0.1, -0.05) is 16.8 Å². The number of benzene rings is 2. The Labute approximate surface area is 166 Å². The van der Waals surface area contributed by atoms with Crippen molar-refractivity contribution >= 4 is 5.69 Å². The lowest BCUT2D eigenvalue weighted by molar-refractivity contribution is -0.739. The van der Waals surface area contributed by atoms with Crippen LogP contribution in [0.2, 0.25) is 0 Å². The molecule has 2 atom stereocenters. The first-order valence-electron chi connectivity index (χ1n) is 9.20. The highest BCUT2D eigenvalue weighted by atomic mass is 16.6. The number of ether oxygens (including phenoxy) is 3. The second-order valence-electron chi connectivity index (χ2n) is 7.03. The predicted octanol–water partition coefficient (Wildman–Crippen LogP) is 2.13. The van der Waals surface area contributed by atoms with Crippen LogP contribution in [-0.2, 0) is 17.8 Å². The molecule has 9 nitrogen and oxygen atoms in total. The molecule has 1 aliphatic carbocycles. The highest BCUT2D eigenvalue weighted by molar-refractivity contribution is 5.56. The maximum atomic E-state index is 11.3. The van der Waals surface area contributed by atoms with E-state index in [0.717, 1.165) is 17.0 Å². The van der Waals surface area contributed by atoms with E-state index in [-0.39, 0.29) is 22.8 Å². The maximum absolute atomic E-state index is 11.3. The lowest BCUT2D eigenvalue weighted by atomic mass is 10.1. The first kappa shape index (κ1) is 17.6. The second kappa shape index (κ2) is 6.56. The van der Waals surface area contributed by atoms with Gasteiger partial charge in [0.25, 0.3) is 5.69 Å². The van der Waals surface area contributed by atoms with E-state index in [0.29, 0.717) is 30.2 Å². The van der Waals surface area contributed by atoms with E-state index in [1.165, 1.54) is 0 Å². The predicted molar refractivity (Wildman–Crippen MR) is 100 cm³/mol. The molecule has 148 valence electrons. The van der Waals surface area contributed by atoms with Crippen molar-refractivity contribution in [2.45, 2.75) is 25.2 Å². The number of para-hydroxylation sites is 1. The van der Waals surface area contributed by atoms with Crippen molar-refractivity contribution in [3.8, 4) is 17.2 Å². The summed E-state index contributed by atoms with van der Waals surface area (Å²) in [4.78, 5) is 10.9. The minimum atomic E-state index is -0.369. The number of nitrogens with zero attached hydrogens (tertiary/aromatic N) is 4. The molecule has 3 aromatic rings. The smallest absolute Gasteiger partial charge is 0.304 e. The van der Waals surface area contributed by atoms with E-state index in [1.807, 2.05) is 35.2 Å². The summed E-state index contributed by atoms with van der Waals surface area (Å²) in [6, 6.07) is 10.4. The lowest BCUT2D eigenvalue weighted by Gasteiger charge is -2.23. The fourth-order valence-electron chi connectivity index (χ4n) is 4.23. The summed E-state index contributed by atoms with van der Waals surface area (Å²) >= 11 is 0. The molecule has 0 saturated carbocycles. The van der Waals surface area contributed by atoms with Crippen molar-refractivity contribution in [1.29, 1.82) is 0 Å². The number of hydrogen-bond donors (Lipinski definition) is 0. The molecule has 0 N–H and O–H groups in total. The van der Waals surface area contributed by atoms with Gasteiger partial charge in [0.15, 0.2) is 11.5 Å². The Bertz CT molecular complexity index is 1100. The van der Waals surface area contributed by atoms with Crippen molar-refractivity contribution in [2.75, 3.05) is 14.2 Å². The summed E-state index contributed by atoms with van der Waals surface area (Å²) < 4.78 is 20.8. The van der Waals surface area contributed by atoms with Gasteiger partial charge < -0.3 is 14.2 Å². The quantitative estimate of drug-likeness (QED) is 0.382. The van der Waals surface area contributed by atoms with Crippen LogP contribution in [0, 0.1) is 10.1 Å². The third-order valence-corrected chi connectivity index (χ3v) is 5.54. The van der Waals surface area contributed by atoms with Crippen LogP contribution >= 0.6 is 0 Å². The number of fused-ring (bicyclic) bond motifs is 5. The average molecular weight is 395 g/mol. The van der Waals surface area contributed by atoms with Gasteiger partial charge >= 0.3 is 5.82 Å². The first-order valence-corrected chi connectivity index (χ1v) is 9.20. The molecule has 0 bridgehead atoms. The van der Waals surface area contributed by atoms with E-state index in [2.05, 4.69) is 5.10 Å². The molecule has 1 aromatic heterocycles. The molecule has 0 amide bonds. The van der Waals surface area contributed by atoms with Crippen LogP contribution < -0.4 is 14.0 Å². The molecule has 29 heavy (non-hydrogen) atoms. The van der Waals surface area contributed by atoms with Crippen molar-refractivity contribution in [1.82, 2.24) is 9.78 Å². The summed E-state index contributed by atoms with van der Waals surface area (Å²) in [5.41, 5.74) is 2.74. The Balaban J connectivity index is 1.64. The summed E-state index contributed by atoms with van der Waals surface area (Å²) in [7, 11) is 3.20. The number of non-ortho nitro benzene ring substituents is 1. The molecule has 9 heteroatoms. The fourth-order valence-corrected chi connectivity index (χ4v) is 4.23. The van der Waals surface area contributed by atoms with Crippen LogP contribution in [0.1, 0.15) is 23.0 Å². The highest BCUT2D eigenvalue weighted by Gasteiger charge is 2.44. The van der Waals surface area contributed by atoms with Crippen molar-refractivity contribution in [3.63, 3.8) is 0 Å². The van der Waals surface area contributed by atoms with Crippen LogP contribution in [0.3, 0.4) is 0 Å². The number of rotatable bonds is 4. The standard InChI is InChI=1S/C20H19N4O5/c1-27-15-4-3-5-16(28-2)20(15)23-11-22-18(21-23)10-29-17-8-12-6-7-13(24(25)26)9-14(12)19(17)22/h3-7,9,11,17,19H,8,10H2,1-2H3/q+1/t17-,19+/m1/s1. The van der Waals surface area contributed by atoms with Crippen LogP contribution in [0.15, 0.2) is 42.7 Å². The van der Waals surface area contributed by atoms with Gasteiger partial charge in [-0.25, -0.2) is 4.57 Å². The normalized spacial score (nSPS) is 19.2. The molecule has 0 unspecified atom stereocenters. The van der Waals surface area contributed by atoms with Gasteiger partial charge in [-0.05, 0) is 17.7 Å². The minimum Gasteiger partial charge on any atom is -0.493 e. The third-order valence-electron chi connectivity index (χ3n) is 5.54. The van der Waals surface area contributed by atoms with E-state index >= 15 is 0 Å². The molecule has 2 heterocycles. The minimum absolute atomic E-state index is 0.0795. The van der Waals surface area contributed by atoms with Gasteiger partial charge in [-0.3, -0.25) is 10.1 Å². The largest absolute Gasteiger partial charge is 0.493 e. The zero-order valence-electron chi connectivity index (χ0n) is 15.9. The van der Waals surface area contributed by atoms with E-state index < -0.39 is 0 Å². The zero-order chi connectivity index (χ0) is 20.1. The number of nitro groups is 1. The molecule has 5 rings (SSSR count). The second-order valence-corrected chi connectivity index (χ2v) is 7.03. The number of nitro benzene ring substituents is 1. The van der Waals surface area contributed by atoms with Crippen LogP contribution in [-0.4, -0.2) is 35.0 Å². The fraction of sp³-hybridized carbons (Fsp3) is 0.300. The van der Waals surface area contributed by atoms with Gasteiger partial charge in [0.05, 0.1) is 19.1 Å². The molecule has 0 radical (unpaired) electrons. The van der Waals surface area contributed by atoms with E-state index in [1.54, 1.807) is 31.0 Å². The number of aromatic nitrogens is 3. The average Bonchev–Trinajstić information content (AvgIpc) is 3.32. The Kier molecular flexibility index (Phi) is 3.99. The zero-order valence-corrected chi connectivity index (χ0v) is 15.9. The lowest BCUT2D eigenvalue weighted by Crippen LogP contribution is -2.51. The topological polar surface area (TPSA) is 92.5 Å². The Morgan fingerprint density at radius 3 is 2.69 bits per heavy atom. The van der Waals surface area contributed by atoms with Gasteiger partial charge in [0.2, 0.25) is 12.0 Å². The molecular formula is C20H19N4O5+. The monoisotopic (exact) mass is 395 g/mol. The third kappa shape index (κ3) is 2.65. The molecule has 0 spiro atoms. The van der Waals surface area contributed by atoms with Gasteiger partial charge in [0.1, 0.15) is 18.8 Å². The van der Waals surface area contributed by atoms with Crippen LogP contribution in [0.4, 0.5) is 5.69 Å². The molecular weight excluding hydrogens is 376 g/mol. The summed E-state index contributed by atoms with van der Waals surface area (Å²) in [5, 5.41) is 15.9. The Morgan fingerprint density at radius 1 is 1.24 bits per heavy atom. The summed E-state index contributed by atoms with van der Waals surface area (Å²) in [6.07, 6.45) is 2.51. The Morgan fingerprint density at radius 2 is 2.00 bits per heavy atom. The van der Waals surface area contributed by atoms with Crippen molar-refractivity contribution in [3.05, 3.63) is 69.8 Å². The van der Waals surface area contributed by atoms with Gasteiger partial charge in [-0.2, -0.15) is 0 Å². The van der Waals surface area contributed by atoms with Crippen molar-refractivity contribution < 1.29 is 23.7 Å².